The van der Waals surface area contributed by atoms with Gasteiger partial charge in [-0.05, 0) is 31.9 Å². The Labute approximate surface area is 129 Å². The Morgan fingerprint density at radius 1 is 1.36 bits per heavy atom. The first kappa shape index (κ1) is 16.5. The Morgan fingerprint density at radius 2 is 2.05 bits per heavy atom. The van der Waals surface area contributed by atoms with Crippen molar-refractivity contribution >= 4 is 11.9 Å². The molecule has 0 spiro atoms. The summed E-state index contributed by atoms with van der Waals surface area (Å²) in [6.07, 6.45) is 0.220. The number of carboxylic acid groups (broad SMARTS) is 1. The third-order valence-electron chi connectivity index (χ3n) is 3.74. The maximum atomic E-state index is 12.1. The van der Waals surface area contributed by atoms with Crippen LogP contribution in [0.25, 0.3) is 0 Å². The molecule has 1 aliphatic heterocycles. The highest BCUT2D eigenvalue weighted by atomic mass is 16.7. The number of hydrogen-bond donors (Lipinski definition) is 1. The van der Waals surface area contributed by atoms with Gasteiger partial charge in [-0.3, -0.25) is 0 Å². The van der Waals surface area contributed by atoms with Crippen molar-refractivity contribution in [2.24, 2.45) is 0 Å². The van der Waals surface area contributed by atoms with Crippen molar-refractivity contribution in [3.8, 4) is 0 Å². The topological polar surface area (TPSA) is 82.1 Å². The summed E-state index contributed by atoms with van der Waals surface area (Å²) in [6.45, 7) is 1.84. The lowest BCUT2D eigenvalue weighted by molar-refractivity contribution is -0.301. The maximum Gasteiger partial charge on any atom is 0.350 e. The average molecular weight is 308 g/mol. The molecule has 0 aromatic heterocycles. The van der Waals surface area contributed by atoms with Crippen LogP contribution in [0.5, 0.6) is 0 Å². The van der Waals surface area contributed by atoms with Crippen LogP contribution in [-0.2, 0) is 19.0 Å². The minimum atomic E-state index is -1.52. The quantitative estimate of drug-likeness (QED) is 0.840. The van der Waals surface area contributed by atoms with E-state index in [1.807, 2.05) is 6.92 Å². The van der Waals surface area contributed by atoms with E-state index in [2.05, 4.69) is 0 Å². The lowest BCUT2D eigenvalue weighted by Crippen LogP contribution is -2.56. The molecule has 1 aromatic carbocycles. The molecular formula is C16H20O6. The maximum absolute atomic E-state index is 12.1. The second-order valence-electron chi connectivity index (χ2n) is 5.33. The molecule has 1 aliphatic rings. The first-order valence-corrected chi connectivity index (χ1v) is 7.20. The van der Waals surface area contributed by atoms with Gasteiger partial charge >= 0.3 is 11.9 Å². The number of methoxy groups -OCH3 is 1. The molecule has 22 heavy (non-hydrogen) atoms. The van der Waals surface area contributed by atoms with Crippen molar-refractivity contribution in [2.75, 3.05) is 7.11 Å². The molecule has 0 bridgehead atoms. The molecule has 0 radical (unpaired) electrons. The first-order valence-electron chi connectivity index (χ1n) is 7.20. The van der Waals surface area contributed by atoms with Gasteiger partial charge in [-0.25, -0.2) is 9.59 Å². The van der Waals surface area contributed by atoms with Gasteiger partial charge in [0.2, 0.25) is 5.79 Å². The number of esters is 1. The predicted octanol–water partition coefficient (Wildman–Crippen LogP) is 2.23. The van der Waals surface area contributed by atoms with E-state index >= 15 is 0 Å². The molecule has 1 heterocycles. The molecule has 3 atom stereocenters. The highest BCUT2D eigenvalue weighted by Crippen LogP contribution is 2.34. The monoisotopic (exact) mass is 308 g/mol. The zero-order chi connectivity index (χ0) is 16.2. The van der Waals surface area contributed by atoms with E-state index in [0.29, 0.717) is 6.42 Å². The predicted molar refractivity (Wildman–Crippen MR) is 77.4 cm³/mol. The van der Waals surface area contributed by atoms with Gasteiger partial charge in [0.25, 0.3) is 6.10 Å². The zero-order valence-electron chi connectivity index (χ0n) is 12.7. The summed E-state index contributed by atoms with van der Waals surface area (Å²) in [6, 6.07) is 8.24. The van der Waals surface area contributed by atoms with Crippen molar-refractivity contribution in [3.05, 3.63) is 35.9 Å². The summed E-state index contributed by atoms with van der Waals surface area (Å²) in [7, 11) is 1.37. The molecule has 0 unspecified atom stereocenters. The molecule has 1 aromatic rings. The van der Waals surface area contributed by atoms with E-state index in [1.165, 1.54) is 7.11 Å². The van der Waals surface area contributed by atoms with Crippen molar-refractivity contribution in [1.82, 2.24) is 0 Å². The van der Waals surface area contributed by atoms with Crippen molar-refractivity contribution in [3.63, 3.8) is 0 Å². The Kier molecular flexibility index (Phi) is 5.15. The number of rotatable bonds is 5. The summed E-state index contributed by atoms with van der Waals surface area (Å²) in [4.78, 5) is 23.7. The third kappa shape index (κ3) is 3.45. The van der Waals surface area contributed by atoms with Crippen LogP contribution in [0.3, 0.4) is 0 Å². The van der Waals surface area contributed by atoms with Crippen LogP contribution in [0.1, 0.15) is 36.5 Å². The van der Waals surface area contributed by atoms with Crippen LogP contribution in [-0.4, -0.2) is 42.1 Å². The number of aliphatic carboxylic acids is 1. The van der Waals surface area contributed by atoms with Crippen molar-refractivity contribution in [2.45, 2.75) is 44.2 Å². The zero-order valence-corrected chi connectivity index (χ0v) is 12.7. The average Bonchev–Trinajstić information content (AvgIpc) is 2.52. The standard InChI is InChI=1S/C16H20O6/c1-11-7-6-10-16(20-2,22-11)13(14(17)18)21-15(19)12-8-4-3-5-9-12/h3-5,8-9,11,13H,6-7,10H2,1-2H3,(H,17,18)/t11-,13-,16-/m1/s1. The summed E-state index contributed by atoms with van der Waals surface area (Å²) in [5.41, 5.74) is 0.281. The Hall–Kier alpha value is -1.92. The van der Waals surface area contributed by atoms with Crippen LogP contribution < -0.4 is 0 Å². The van der Waals surface area contributed by atoms with Gasteiger partial charge in [0.15, 0.2) is 0 Å². The molecule has 6 heteroatoms. The van der Waals surface area contributed by atoms with E-state index in [0.717, 1.165) is 12.8 Å². The molecule has 0 saturated carbocycles. The van der Waals surface area contributed by atoms with Gasteiger partial charge in [0, 0.05) is 13.5 Å². The Morgan fingerprint density at radius 3 is 2.59 bits per heavy atom. The van der Waals surface area contributed by atoms with Crippen molar-refractivity contribution in [1.29, 1.82) is 0 Å². The number of carbonyl (C=O) groups excluding carboxylic acids is 1. The van der Waals surface area contributed by atoms with E-state index in [1.54, 1.807) is 30.3 Å². The van der Waals surface area contributed by atoms with Crippen LogP contribution in [0.15, 0.2) is 30.3 Å². The minimum Gasteiger partial charge on any atom is -0.478 e. The van der Waals surface area contributed by atoms with E-state index in [9.17, 15) is 14.7 Å². The molecule has 6 nitrogen and oxygen atoms in total. The second-order valence-corrected chi connectivity index (χ2v) is 5.33. The summed E-state index contributed by atoms with van der Waals surface area (Å²) < 4.78 is 16.2. The largest absolute Gasteiger partial charge is 0.478 e. The second kappa shape index (κ2) is 6.89. The number of carbonyl (C=O) groups is 2. The van der Waals surface area contributed by atoms with E-state index in [4.69, 9.17) is 14.2 Å². The SMILES string of the molecule is CO[C@]1([C@H](OC(=O)c2ccccc2)C(=O)O)CCC[C@@H](C)O1. The number of hydrogen-bond acceptors (Lipinski definition) is 5. The van der Waals surface area contributed by atoms with Crippen LogP contribution in [0.2, 0.25) is 0 Å². The summed E-state index contributed by atoms with van der Waals surface area (Å²) in [5.74, 6) is -3.46. The van der Waals surface area contributed by atoms with Crippen molar-refractivity contribution < 1.29 is 28.9 Å². The van der Waals surface area contributed by atoms with E-state index < -0.39 is 23.8 Å². The Balaban J connectivity index is 2.22. The molecule has 1 saturated heterocycles. The normalized spacial score (nSPS) is 26.2. The fourth-order valence-corrected chi connectivity index (χ4v) is 2.62. The lowest BCUT2D eigenvalue weighted by atomic mass is 9.96. The fourth-order valence-electron chi connectivity index (χ4n) is 2.62. The smallest absolute Gasteiger partial charge is 0.350 e. The summed E-state index contributed by atoms with van der Waals surface area (Å²) >= 11 is 0. The number of ether oxygens (including phenoxy) is 3. The number of benzene rings is 1. The lowest BCUT2D eigenvalue weighted by Gasteiger charge is -2.41. The molecule has 0 amide bonds. The van der Waals surface area contributed by atoms with E-state index in [-0.39, 0.29) is 11.7 Å². The molecule has 0 aliphatic carbocycles. The van der Waals surface area contributed by atoms with Gasteiger partial charge < -0.3 is 19.3 Å². The molecule has 1 fully saturated rings. The Bertz CT molecular complexity index is 529. The fraction of sp³-hybridized carbons (Fsp3) is 0.500. The van der Waals surface area contributed by atoms with Crippen LogP contribution in [0, 0.1) is 0 Å². The summed E-state index contributed by atoms with van der Waals surface area (Å²) in [5, 5.41) is 9.47. The molecular weight excluding hydrogens is 288 g/mol. The number of carboxylic acids is 1. The molecule has 120 valence electrons. The first-order chi connectivity index (χ1) is 10.5. The third-order valence-corrected chi connectivity index (χ3v) is 3.74. The van der Waals surface area contributed by atoms with Crippen LogP contribution in [0.4, 0.5) is 0 Å². The molecule has 2 rings (SSSR count). The molecule has 1 N–H and O–H groups in total. The van der Waals surface area contributed by atoms with Gasteiger partial charge in [-0.15, -0.1) is 0 Å². The van der Waals surface area contributed by atoms with Gasteiger partial charge in [0.05, 0.1) is 11.7 Å². The minimum absolute atomic E-state index is 0.161. The highest BCUT2D eigenvalue weighted by molar-refractivity contribution is 5.91. The van der Waals surface area contributed by atoms with Gasteiger partial charge in [-0.2, -0.15) is 0 Å². The van der Waals surface area contributed by atoms with Gasteiger partial charge in [0.1, 0.15) is 0 Å². The van der Waals surface area contributed by atoms with Gasteiger partial charge in [-0.1, -0.05) is 18.2 Å². The highest BCUT2D eigenvalue weighted by Gasteiger charge is 2.50. The van der Waals surface area contributed by atoms with Crippen LogP contribution >= 0.6 is 0 Å².